The molecule has 0 spiro atoms. The Kier molecular flexibility index (Phi) is 13.4. The highest BCUT2D eigenvalue weighted by molar-refractivity contribution is 6.10. The van der Waals surface area contributed by atoms with E-state index in [4.69, 9.17) is 4.74 Å². The van der Waals surface area contributed by atoms with Gasteiger partial charge in [0.05, 0.1) is 31.0 Å². The number of carbonyl (C=O) groups excluding carboxylic acids is 1. The molecule has 4 aromatic rings. The van der Waals surface area contributed by atoms with Gasteiger partial charge in [-0.3, -0.25) is 9.69 Å². The molecule has 1 saturated carbocycles. The molecule has 5 atom stereocenters. The molecule has 6 nitrogen and oxygen atoms in total. The molecule has 3 N–H and O–H groups in total. The van der Waals surface area contributed by atoms with Gasteiger partial charge in [-0.15, -0.1) is 0 Å². The number of carbonyl (C=O) groups is 1. The average Bonchev–Trinajstić information content (AvgIpc) is 3.42. The van der Waals surface area contributed by atoms with Crippen molar-refractivity contribution in [3.05, 3.63) is 143 Å². The number of aliphatic hydroxyl groups is 3. The van der Waals surface area contributed by atoms with Crippen LogP contribution in [0.3, 0.4) is 0 Å². The number of hydrogen-bond donors (Lipinski definition) is 3. The number of aliphatic hydroxyl groups excluding tert-OH is 2. The zero-order valence-electron chi connectivity index (χ0n) is 32.4. The third-order valence-electron chi connectivity index (χ3n) is 12.1. The van der Waals surface area contributed by atoms with Crippen LogP contribution >= 0.6 is 0 Å². The smallest absolute Gasteiger partial charge is 0.193 e. The van der Waals surface area contributed by atoms with Crippen molar-refractivity contribution in [3.63, 3.8) is 0 Å². The van der Waals surface area contributed by atoms with E-state index in [0.29, 0.717) is 50.1 Å². The van der Waals surface area contributed by atoms with Gasteiger partial charge < -0.3 is 20.1 Å². The maximum absolute atomic E-state index is 14.6. The summed E-state index contributed by atoms with van der Waals surface area (Å²) in [5, 5.41) is 35.1. The molecule has 0 heterocycles. The average molecular weight is 730 g/mol. The minimum Gasteiger partial charge on any atom is -0.393 e. The van der Waals surface area contributed by atoms with Gasteiger partial charge in [-0.05, 0) is 105 Å². The lowest BCUT2D eigenvalue weighted by atomic mass is 9.64. The first-order chi connectivity index (χ1) is 26.1. The van der Waals surface area contributed by atoms with Gasteiger partial charge >= 0.3 is 0 Å². The number of ketones is 1. The Morgan fingerprint density at radius 1 is 0.926 bits per heavy atom. The van der Waals surface area contributed by atoms with Crippen LogP contribution in [0.4, 0.5) is 0 Å². The molecule has 286 valence electrons. The molecule has 3 aliphatic rings. The summed E-state index contributed by atoms with van der Waals surface area (Å²) in [6, 6.07) is 34.2. The van der Waals surface area contributed by atoms with Crippen molar-refractivity contribution < 1.29 is 24.9 Å². The van der Waals surface area contributed by atoms with E-state index < -0.39 is 23.2 Å². The maximum Gasteiger partial charge on any atom is 0.193 e. The maximum atomic E-state index is 14.6. The minimum absolute atomic E-state index is 0.0344. The molecule has 4 aromatic carbocycles. The summed E-state index contributed by atoms with van der Waals surface area (Å²) < 4.78 is 5.90. The van der Waals surface area contributed by atoms with E-state index in [-0.39, 0.29) is 18.3 Å². The topological polar surface area (TPSA) is 90.2 Å². The van der Waals surface area contributed by atoms with Crippen LogP contribution in [0.2, 0.25) is 0 Å². The van der Waals surface area contributed by atoms with Crippen molar-refractivity contribution in [2.45, 2.75) is 102 Å². The Morgan fingerprint density at radius 3 is 2.35 bits per heavy atom. The lowest BCUT2D eigenvalue weighted by molar-refractivity contribution is -0.0906. The molecule has 0 aromatic heterocycles. The van der Waals surface area contributed by atoms with Crippen LogP contribution in [-0.4, -0.2) is 70.1 Å². The number of fused-ring (bicyclic) bond motifs is 8. The molecule has 0 radical (unpaired) electrons. The highest BCUT2D eigenvalue weighted by atomic mass is 16.5. The van der Waals surface area contributed by atoms with Gasteiger partial charge in [0.2, 0.25) is 0 Å². The zero-order valence-corrected chi connectivity index (χ0v) is 32.4. The summed E-state index contributed by atoms with van der Waals surface area (Å²) in [6.07, 6.45) is 6.80. The first kappa shape index (κ1) is 39.8. The second-order valence-corrected chi connectivity index (χ2v) is 16.1. The number of benzene rings is 4. The summed E-state index contributed by atoms with van der Waals surface area (Å²) in [5.41, 5.74) is 6.07. The largest absolute Gasteiger partial charge is 0.393 e. The van der Waals surface area contributed by atoms with Crippen LogP contribution in [0.1, 0.15) is 104 Å². The van der Waals surface area contributed by atoms with Crippen molar-refractivity contribution in [1.82, 2.24) is 4.90 Å². The summed E-state index contributed by atoms with van der Waals surface area (Å²) in [4.78, 5) is 16.8. The van der Waals surface area contributed by atoms with E-state index in [9.17, 15) is 20.1 Å². The SMILES string of the molecule is CCCN(C[C@@H](O)COCc1ccccc1)C[C@]1(O)CC[C@H]2c3ccc(cc3C(=O)c3ccc(-c4ccccc4)cc3)C[C@@H](O)CCC(C)=CCC[C@@]21C. The Labute approximate surface area is 322 Å². The van der Waals surface area contributed by atoms with Crippen molar-refractivity contribution in [3.8, 4) is 11.1 Å². The van der Waals surface area contributed by atoms with Crippen LogP contribution in [0.15, 0.2) is 115 Å². The fraction of sp³-hybridized carbons (Fsp3) is 0.438. The Hall–Kier alpha value is -3.91. The molecular formula is C48H59NO5. The molecular weight excluding hydrogens is 671 g/mol. The van der Waals surface area contributed by atoms with Crippen LogP contribution < -0.4 is 0 Å². The number of hydrogen-bond acceptors (Lipinski definition) is 6. The molecule has 1 fully saturated rings. The van der Waals surface area contributed by atoms with Gasteiger partial charge in [-0.1, -0.05) is 123 Å². The normalized spacial score (nSPS) is 23.8. The minimum atomic E-state index is -1.05. The van der Waals surface area contributed by atoms with Crippen LogP contribution in [0, 0.1) is 5.41 Å². The lowest BCUT2D eigenvalue weighted by Gasteiger charge is -2.46. The highest BCUT2D eigenvalue weighted by Crippen LogP contribution is 2.59. The lowest BCUT2D eigenvalue weighted by Crippen LogP contribution is -2.54. The number of nitrogens with zero attached hydrogens (tertiary/aromatic N) is 1. The Balaban J connectivity index is 1.30. The third-order valence-corrected chi connectivity index (χ3v) is 12.1. The predicted molar refractivity (Wildman–Crippen MR) is 218 cm³/mol. The zero-order chi connectivity index (χ0) is 38.1. The van der Waals surface area contributed by atoms with E-state index in [1.807, 2.05) is 78.9 Å². The summed E-state index contributed by atoms with van der Waals surface area (Å²) >= 11 is 0. The molecule has 0 amide bonds. The standard InChI is InChI=1S/C48H59NO5/c1-4-28-49(31-42(51)33-54-32-36-13-7-5-8-14-36)34-48(53)27-25-45-43-24-18-37(29-41(50)23-17-35(2)12-11-26-47(45,48)3)30-44(43)46(52)40-21-19-39(20-22-40)38-15-9-6-10-16-38/h5-10,12-16,18-22,24,30,41-42,45,50-51,53H,4,11,17,23,25-29,31-34H2,1-3H3/t41-,42+,45-,47-,48+/m0/s1. The fourth-order valence-electron chi connectivity index (χ4n) is 8.96. The first-order valence-corrected chi connectivity index (χ1v) is 20.0. The van der Waals surface area contributed by atoms with Gasteiger partial charge in [0.1, 0.15) is 0 Å². The molecule has 0 saturated heterocycles. The van der Waals surface area contributed by atoms with E-state index in [1.54, 1.807) is 0 Å². The second kappa shape index (κ2) is 18.1. The van der Waals surface area contributed by atoms with Gasteiger partial charge in [-0.2, -0.15) is 0 Å². The molecule has 6 heteroatoms. The second-order valence-electron chi connectivity index (χ2n) is 16.1. The third kappa shape index (κ3) is 9.47. The van der Waals surface area contributed by atoms with E-state index >= 15 is 0 Å². The van der Waals surface area contributed by atoms with E-state index in [2.05, 4.69) is 56.0 Å². The summed E-state index contributed by atoms with van der Waals surface area (Å²) in [7, 11) is 0. The molecule has 54 heavy (non-hydrogen) atoms. The molecule has 3 aliphatic carbocycles. The van der Waals surface area contributed by atoms with Gasteiger partial charge in [0.15, 0.2) is 5.78 Å². The van der Waals surface area contributed by atoms with Crippen LogP contribution in [0.5, 0.6) is 0 Å². The molecule has 2 bridgehead atoms. The monoisotopic (exact) mass is 729 g/mol. The summed E-state index contributed by atoms with van der Waals surface area (Å²) in [6.45, 7) is 8.74. The van der Waals surface area contributed by atoms with Crippen molar-refractivity contribution in [2.24, 2.45) is 5.41 Å². The molecule has 0 unspecified atom stereocenters. The van der Waals surface area contributed by atoms with Crippen LogP contribution in [-0.2, 0) is 17.8 Å². The van der Waals surface area contributed by atoms with E-state index in [0.717, 1.165) is 66.5 Å². The quantitative estimate of drug-likeness (QED) is 0.0941. The number of allylic oxidation sites excluding steroid dienone is 2. The number of ether oxygens (including phenoxy) is 1. The Morgan fingerprint density at radius 2 is 1.63 bits per heavy atom. The van der Waals surface area contributed by atoms with E-state index in [1.165, 1.54) is 5.57 Å². The van der Waals surface area contributed by atoms with Crippen molar-refractivity contribution >= 4 is 5.78 Å². The molecule has 0 aliphatic heterocycles. The predicted octanol–water partition coefficient (Wildman–Crippen LogP) is 8.91. The van der Waals surface area contributed by atoms with Gasteiger partial charge in [0.25, 0.3) is 0 Å². The van der Waals surface area contributed by atoms with Crippen LogP contribution in [0.25, 0.3) is 11.1 Å². The van der Waals surface area contributed by atoms with Crippen molar-refractivity contribution in [1.29, 1.82) is 0 Å². The first-order valence-electron chi connectivity index (χ1n) is 20.0. The fourth-order valence-corrected chi connectivity index (χ4v) is 8.96. The highest BCUT2D eigenvalue weighted by Gasteiger charge is 2.57. The number of rotatable bonds is 13. The van der Waals surface area contributed by atoms with Gasteiger partial charge in [-0.25, -0.2) is 0 Å². The van der Waals surface area contributed by atoms with Gasteiger partial charge in [0, 0.05) is 29.6 Å². The molecule has 7 rings (SSSR count). The van der Waals surface area contributed by atoms with Crippen molar-refractivity contribution in [2.75, 3.05) is 26.2 Å². The Bertz CT molecular complexity index is 1840. The summed E-state index contributed by atoms with van der Waals surface area (Å²) in [5.74, 6) is -0.101.